The fraction of sp³-hybridized carbons (Fsp3) is 0.462. The molecule has 2 rings (SSSR count). The van der Waals surface area contributed by atoms with Gasteiger partial charge in [-0.3, -0.25) is 0 Å². The van der Waals surface area contributed by atoms with Crippen molar-refractivity contribution in [2.45, 2.75) is 42.4 Å². The summed E-state index contributed by atoms with van der Waals surface area (Å²) in [5.74, 6) is 0. The lowest BCUT2D eigenvalue weighted by Crippen LogP contribution is -2.02. The number of nitrogens with zero attached hydrogens (tertiary/aromatic N) is 1. The van der Waals surface area contributed by atoms with Gasteiger partial charge in [0.05, 0.1) is 10.6 Å². The van der Waals surface area contributed by atoms with Gasteiger partial charge in [0.1, 0.15) is 0 Å². The maximum atomic E-state index is 10.4. The average molecular weight is 268 g/mol. The van der Waals surface area contributed by atoms with Crippen LogP contribution in [0, 0.1) is 0 Å². The lowest BCUT2D eigenvalue weighted by atomic mass is 10.1. The molecule has 2 nitrogen and oxygen atoms in total. The zero-order chi connectivity index (χ0) is 12.5. The van der Waals surface area contributed by atoms with Gasteiger partial charge in [-0.25, -0.2) is 4.79 Å². The maximum absolute atomic E-state index is 10.4. The Morgan fingerprint density at radius 3 is 2.65 bits per heavy atom. The van der Waals surface area contributed by atoms with Crippen LogP contribution < -0.4 is 0 Å². The largest absolute Gasteiger partial charge is 0.235 e. The van der Waals surface area contributed by atoms with E-state index >= 15 is 0 Å². The molecule has 0 radical (unpaired) electrons. The lowest BCUT2D eigenvalue weighted by molar-refractivity contribution is 0.556. The minimum atomic E-state index is -0.327. The number of hydrogen-bond acceptors (Lipinski definition) is 3. The molecule has 90 valence electrons. The molecule has 1 aliphatic carbocycles. The van der Waals surface area contributed by atoms with Gasteiger partial charge in [0.25, 0.3) is 0 Å². The molecule has 0 bridgehead atoms. The first-order valence-electron chi connectivity index (χ1n) is 5.63. The number of carbonyl (C=O) groups excluding carboxylic acids is 1. The molecule has 0 spiro atoms. The molecule has 0 heterocycles. The van der Waals surface area contributed by atoms with Crippen LogP contribution in [-0.2, 0) is 10.3 Å². The summed E-state index contributed by atoms with van der Waals surface area (Å²) in [5, 5.41) is 1.25. The highest BCUT2D eigenvalue weighted by Gasteiger charge is 2.44. The molecule has 1 fully saturated rings. The van der Waals surface area contributed by atoms with Gasteiger partial charge in [-0.05, 0) is 30.5 Å². The minimum absolute atomic E-state index is 0.327. The van der Waals surface area contributed by atoms with E-state index in [0.717, 1.165) is 28.3 Å². The molecule has 4 heteroatoms. The summed E-state index contributed by atoms with van der Waals surface area (Å²) in [6, 6.07) is 5.97. The predicted octanol–water partition coefficient (Wildman–Crippen LogP) is 4.17. The summed E-state index contributed by atoms with van der Waals surface area (Å²) in [6.45, 7) is 4.27. The predicted molar refractivity (Wildman–Crippen MR) is 71.5 cm³/mol. The monoisotopic (exact) mass is 267 g/mol. The van der Waals surface area contributed by atoms with Crippen LogP contribution in [0.3, 0.4) is 0 Å². The molecule has 1 aliphatic rings. The fourth-order valence-corrected chi connectivity index (χ4v) is 2.95. The SMILES string of the molecule is CC(C)Sc1ccc(C2(N=C=O)CC2)cc1Cl. The van der Waals surface area contributed by atoms with Crippen LogP contribution in [0.15, 0.2) is 28.1 Å². The van der Waals surface area contributed by atoms with E-state index in [1.807, 2.05) is 18.2 Å². The Balaban J connectivity index is 2.28. The van der Waals surface area contributed by atoms with Crippen molar-refractivity contribution in [2.75, 3.05) is 0 Å². The number of benzene rings is 1. The number of isocyanates is 1. The van der Waals surface area contributed by atoms with E-state index in [1.165, 1.54) is 0 Å². The van der Waals surface area contributed by atoms with E-state index in [1.54, 1.807) is 17.8 Å². The van der Waals surface area contributed by atoms with Gasteiger partial charge in [-0.2, -0.15) is 4.99 Å². The first-order chi connectivity index (χ1) is 8.07. The highest BCUT2D eigenvalue weighted by molar-refractivity contribution is 8.00. The topological polar surface area (TPSA) is 29.4 Å². The van der Waals surface area contributed by atoms with E-state index in [4.69, 9.17) is 11.6 Å². The molecular formula is C13H14ClNOS. The molecular weight excluding hydrogens is 254 g/mol. The highest BCUT2D eigenvalue weighted by Crippen LogP contribution is 2.50. The summed E-state index contributed by atoms with van der Waals surface area (Å²) >= 11 is 7.98. The van der Waals surface area contributed by atoms with Crippen molar-refractivity contribution in [1.82, 2.24) is 0 Å². The fourth-order valence-electron chi connectivity index (χ4n) is 1.81. The third kappa shape index (κ3) is 2.74. The van der Waals surface area contributed by atoms with Gasteiger partial charge in [-0.15, -0.1) is 11.8 Å². The van der Waals surface area contributed by atoms with Gasteiger partial charge in [0.15, 0.2) is 0 Å². The normalized spacial score (nSPS) is 16.7. The third-order valence-corrected chi connectivity index (χ3v) is 4.32. The van der Waals surface area contributed by atoms with Gasteiger partial charge < -0.3 is 0 Å². The first kappa shape index (κ1) is 12.7. The van der Waals surface area contributed by atoms with E-state index in [0.29, 0.717) is 5.25 Å². The molecule has 1 aromatic rings. The average Bonchev–Trinajstić information content (AvgIpc) is 3.02. The second-order valence-corrected chi connectivity index (χ2v) is 6.57. The number of halogens is 1. The molecule has 1 saturated carbocycles. The summed E-state index contributed by atoms with van der Waals surface area (Å²) in [5.41, 5.74) is 0.700. The molecule has 0 aromatic heterocycles. The molecule has 0 amide bonds. The van der Waals surface area contributed by atoms with Crippen LogP contribution in [0.1, 0.15) is 32.3 Å². The molecule has 0 atom stereocenters. The summed E-state index contributed by atoms with van der Waals surface area (Å²) < 4.78 is 0. The van der Waals surface area contributed by atoms with Crippen LogP contribution in [0.5, 0.6) is 0 Å². The Bertz CT molecular complexity index is 476. The molecule has 1 aromatic carbocycles. The van der Waals surface area contributed by atoms with Crippen molar-refractivity contribution in [3.05, 3.63) is 28.8 Å². The zero-order valence-corrected chi connectivity index (χ0v) is 11.4. The van der Waals surface area contributed by atoms with E-state index in [2.05, 4.69) is 18.8 Å². The van der Waals surface area contributed by atoms with Crippen LogP contribution >= 0.6 is 23.4 Å². The summed E-state index contributed by atoms with van der Waals surface area (Å²) in [7, 11) is 0. The van der Waals surface area contributed by atoms with Crippen molar-refractivity contribution in [3.8, 4) is 0 Å². The van der Waals surface area contributed by atoms with E-state index in [9.17, 15) is 4.79 Å². The Hall–Kier alpha value is -0.760. The smallest absolute Gasteiger partial charge is 0.211 e. The molecule has 0 N–H and O–H groups in total. The summed E-state index contributed by atoms with van der Waals surface area (Å²) in [6.07, 6.45) is 3.49. The maximum Gasteiger partial charge on any atom is 0.235 e. The Labute approximate surface area is 110 Å². The Morgan fingerprint density at radius 2 is 2.18 bits per heavy atom. The van der Waals surface area contributed by atoms with Gasteiger partial charge in [0.2, 0.25) is 6.08 Å². The summed E-state index contributed by atoms with van der Waals surface area (Å²) in [4.78, 5) is 15.4. The molecule has 0 aliphatic heterocycles. The third-order valence-electron chi connectivity index (χ3n) is 2.82. The van der Waals surface area contributed by atoms with Crippen molar-refractivity contribution in [2.24, 2.45) is 4.99 Å². The van der Waals surface area contributed by atoms with Crippen molar-refractivity contribution < 1.29 is 4.79 Å². The van der Waals surface area contributed by atoms with Gasteiger partial charge >= 0.3 is 0 Å². The quantitative estimate of drug-likeness (QED) is 0.466. The lowest BCUT2D eigenvalue weighted by Gasteiger charge is -2.12. The number of rotatable bonds is 4. The highest BCUT2D eigenvalue weighted by atomic mass is 35.5. The second-order valence-electron chi connectivity index (χ2n) is 4.55. The van der Waals surface area contributed by atoms with Crippen molar-refractivity contribution >= 4 is 29.4 Å². The minimum Gasteiger partial charge on any atom is -0.211 e. The Kier molecular flexibility index (Phi) is 3.62. The standard InChI is InChI=1S/C13H14ClNOS/c1-9(2)17-12-4-3-10(7-11(12)14)13(5-6-13)15-8-16/h3-4,7,9H,5-6H2,1-2H3. The van der Waals surface area contributed by atoms with E-state index in [-0.39, 0.29) is 5.54 Å². The number of hydrogen-bond donors (Lipinski definition) is 0. The van der Waals surface area contributed by atoms with Crippen molar-refractivity contribution in [3.63, 3.8) is 0 Å². The van der Waals surface area contributed by atoms with Crippen LogP contribution in [0.4, 0.5) is 0 Å². The first-order valence-corrected chi connectivity index (χ1v) is 6.89. The number of aliphatic imine (C=N–C) groups is 1. The van der Waals surface area contributed by atoms with Crippen molar-refractivity contribution in [1.29, 1.82) is 0 Å². The molecule has 0 unspecified atom stereocenters. The zero-order valence-electron chi connectivity index (χ0n) is 9.87. The molecule has 0 saturated heterocycles. The van der Waals surface area contributed by atoms with E-state index < -0.39 is 0 Å². The Morgan fingerprint density at radius 1 is 1.47 bits per heavy atom. The van der Waals surface area contributed by atoms with Crippen LogP contribution in [0.2, 0.25) is 5.02 Å². The van der Waals surface area contributed by atoms with Gasteiger partial charge in [0, 0.05) is 10.1 Å². The van der Waals surface area contributed by atoms with Gasteiger partial charge in [-0.1, -0.05) is 31.5 Å². The second kappa shape index (κ2) is 4.85. The van der Waals surface area contributed by atoms with Crippen LogP contribution in [-0.4, -0.2) is 11.3 Å². The number of thioether (sulfide) groups is 1. The van der Waals surface area contributed by atoms with Crippen LogP contribution in [0.25, 0.3) is 0 Å². The molecule has 17 heavy (non-hydrogen) atoms.